The summed E-state index contributed by atoms with van der Waals surface area (Å²) in [4.78, 5) is 28.3. The van der Waals surface area contributed by atoms with Crippen molar-refractivity contribution in [3.63, 3.8) is 0 Å². The molecule has 1 aliphatic heterocycles. The van der Waals surface area contributed by atoms with Crippen molar-refractivity contribution in [1.29, 1.82) is 0 Å². The number of halogens is 1. The molecule has 0 spiro atoms. The van der Waals surface area contributed by atoms with Crippen LogP contribution in [0.1, 0.15) is 4.88 Å². The van der Waals surface area contributed by atoms with Gasteiger partial charge in [-0.3, -0.25) is 9.59 Å². The highest BCUT2D eigenvalue weighted by atomic mass is 35.5. The maximum atomic E-state index is 13.2. The number of rotatable bonds is 5. The van der Waals surface area contributed by atoms with E-state index in [1.54, 1.807) is 43.5 Å². The number of nitrogens with one attached hydrogen (secondary N) is 1. The monoisotopic (exact) mass is 410 g/mol. The van der Waals surface area contributed by atoms with Crippen molar-refractivity contribution in [1.82, 2.24) is 0 Å². The van der Waals surface area contributed by atoms with Gasteiger partial charge < -0.3 is 10.1 Å². The molecule has 0 aliphatic carbocycles. The van der Waals surface area contributed by atoms with Crippen LogP contribution < -0.4 is 15.0 Å². The van der Waals surface area contributed by atoms with Gasteiger partial charge in [0, 0.05) is 9.90 Å². The quantitative estimate of drug-likeness (QED) is 0.613. The summed E-state index contributed by atoms with van der Waals surface area (Å²) in [5, 5.41) is 5.42. The average Bonchev–Trinajstić information content (AvgIpc) is 3.29. The van der Waals surface area contributed by atoms with E-state index in [-0.39, 0.29) is 5.70 Å². The maximum Gasteiger partial charge on any atom is 0.282 e. The lowest BCUT2D eigenvalue weighted by molar-refractivity contribution is -0.120. The molecule has 4 rings (SSSR count). The van der Waals surface area contributed by atoms with Crippen LogP contribution in [0.5, 0.6) is 5.75 Å². The van der Waals surface area contributed by atoms with Gasteiger partial charge in [-0.1, -0.05) is 35.9 Å². The molecule has 0 radical (unpaired) electrons. The first kappa shape index (κ1) is 18.3. The molecule has 7 heteroatoms. The summed E-state index contributed by atoms with van der Waals surface area (Å²) >= 11 is 7.46. The minimum atomic E-state index is -0.443. The Labute approximate surface area is 170 Å². The van der Waals surface area contributed by atoms with Gasteiger partial charge in [-0.15, -0.1) is 11.3 Å². The van der Waals surface area contributed by atoms with Crippen LogP contribution in [-0.2, 0) is 9.59 Å². The first-order valence-corrected chi connectivity index (χ1v) is 9.68. The first-order valence-electron chi connectivity index (χ1n) is 8.42. The first-order chi connectivity index (χ1) is 13.6. The Morgan fingerprint density at radius 2 is 1.82 bits per heavy atom. The van der Waals surface area contributed by atoms with Gasteiger partial charge in [0.05, 0.1) is 24.1 Å². The fraction of sp³-hybridized carbons (Fsp3) is 0.0476. The van der Waals surface area contributed by atoms with Gasteiger partial charge in [-0.25, -0.2) is 4.90 Å². The summed E-state index contributed by atoms with van der Waals surface area (Å²) in [6.45, 7) is 0. The van der Waals surface area contributed by atoms with Crippen molar-refractivity contribution in [3.8, 4) is 5.75 Å². The Morgan fingerprint density at radius 1 is 1.00 bits per heavy atom. The van der Waals surface area contributed by atoms with Crippen LogP contribution in [0.2, 0.25) is 5.02 Å². The van der Waals surface area contributed by atoms with Gasteiger partial charge in [-0.05, 0) is 41.8 Å². The second kappa shape index (κ2) is 7.50. The molecule has 0 saturated heterocycles. The standard InChI is InChI=1S/C21H15ClN2O3S/c1-27-16-9-3-2-8-15(16)23-19-18(17-10-5-11-28-17)20(25)24(21(19)26)14-7-4-6-13(22)12-14/h2-12,23H,1H3. The van der Waals surface area contributed by atoms with E-state index in [4.69, 9.17) is 16.3 Å². The Bertz CT molecular complexity index is 1090. The molecular formula is C21H15ClN2O3S. The summed E-state index contributed by atoms with van der Waals surface area (Å²) in [6.07, 6.45) is 0. The van der Waals surface area contributed by atoms with Crippen molar-refractivity contribution >= 4 is 51.7 Å². The third-order valence-electron chi connectivity index (χ3n) is 4.28. The third kappa shape index (κ3) is 3.17. The third-order valence-corrected chi connectivity index (χ3v) is 5.41. The number of imide groups is 1. The lowest BCUT2D eigenvalue weighted by Crippen LogP contribution is -2.32. The molecule has 28 heavy (non-hydrogen) atoms. The molecule has 2 aromatic carbocycles. The van der Waals surface area contributed by atoms with Crippen LogP contribution in [0.15, 0.2) is 71.7 Å². The predicted molar refractivity (Wildman–Crippen MR) is 112 cm³/mol. The van der Waals surface area contributed by atoms with Crippen molar-refractivity contribution in [2.75, 3.05) is 17.3 Å². The zero-order valence-electron chi connectivity index (χ0n) is 14.8. The fourth-order valence-electron chi connectivity index (χ4n) is 3.03. The number of carbonyl (C=O) groups excluding carboxylic acids is 2. The van der Waals surface area contributed by atoms with Gasteiger partial charge >= 0.3 is 0 Å². The van der Waals surface area contributed by atoms with E-state index in [0.29, 0.717) is 32.6 Å². The van der Waals surface area contributed by atoms with Crippen LogP contribution in [0.4, 0.5) is 11.4 Å². The summed E-state index contributed by atoms with van der Waals surface area (Å²) in [7, 11) is 1.55. The summed E-state index contributed by atoms with van der Waals surface area (Å²) < 4.78 is 5.36. The molecule has 2 heterocycles. The number of hydrogen-bond acceptors (Lipinski definition) is 5. The van der Waals surface area contributed by atoms with Crippen LogP contribution in [0, 0.1) is 0 Å². The van der Waals surface area contributed by atoms with Gasteiger partial charge in [0.1, 0.15) is 11.4 Å². The molecule has 0 fully saturated rings. The van der Waals surface area contributed by atoms with Crippen molar-refractivity contribution in [3.05, 3.63) is 81.6 Å². The van der Waals surface area contributed by atoms with Crippen molar-refractivity contribution in [2.24, 2.45) is 0 Å². The van der Waals surface area contributed by atoms with Crippen LogP contribution in [0.3, 0.4) is 0 Å². The number of carbonyl (C=O) groups is 2. The normalized spacial score (nSPS) is 14.0. The number of nitrogens with zero attached hydrogens (tertiary/aromatic N) is 1. The SMILES string of the molecule is COc1ccccc1NC1=C(c2cccs2)C(=O)N(c2cccc(Cl)c2)C1=O. The average molecular weight is 411 g/mol. The second-order valence-electron chi connectivity index (χ2n) is 5.98. The summed E-state index contributed by atoms with van der Waals surface area (Å²) in [6, 6.07) is 17.6. The number of para-hydroxylation sites is 2. The van der Waals surface area contributed by atoms with Gasteiger partial charge in [0.2, 0.25) is 0 Å². The lowest BCUT2D eigenvalue weighted by atomic mass is 10.1. The van der Waals surface area contributed by atoms with Gasteiger partial charge in [0.25, 0.3) is 11.8 Å². The Balaban J connectivity index is 1.82. The number of amides is 2. The highest BCUT2D eigenvalue weighted by Crippen LogP contribution is 2.37. The summed E-state index contributed by atoms with van der Waals surface area (Å²) in [5.74, 6) is -0.268. The molecule has 0 atom stereocenters. The number of hydrogen-bond donors (Lipinski definition) is 1. The molecule has 0 bridgehead atoms. The molecule has 0 saturated carbocycles. The number of methoxy groups -OCH3 is 1. The topological polar surface area (TPSA) is 58.6 Å². The van der Waals surface area contributed by atoms with Crippen LogP contribution in [-0.4, -0.2) is 18.9 Å². The molecule has 2 amide bonds. The smallest absolute Gasteiger partial charge is 0.282 e. The lowest BCUT2D eigenvalue weighted by Gasteiger charge is -2.16. The minimum absolute atomic E-state index is 0.205. The Kier molecular flexibility index (Phi) is 4.90. The predicted octanol–water partition coefficient (Wildman–Crippen LogP) is 4.81. The Hall–Kier alpha value is -3.09. The van der Waals surface area contributed by atoms with E-state index in [2.05, 4.69) is 5.32 Å². The van der Waals surface area contributed by atoms with Crippen molar-refractivity contribution < 1.29 is 14.3 Å². The number of thiophene rings is 1. The zero-order valence-corrected chi connectivity index (χ0v) is 16.4. The highest BCUT2D eigenvalue weighted by Gasteiger charge is 2.41. The summed E-state index contributed by atoms with van der Waals surface area (Å²) in [5.41, 5.74) is 1.55. The Morgan fingerprint density at radius 3 is 2.54 bits per heavy atom. The van der Waals surface area contributed by atoms with E-state index in [1.165, 1.54) is 11.3 Å². The second-order valence-corrected chi connectivity index (χ2v) is 7.36. The molecule has 0 unspecified atom stereocenters. The van der Waals surface area contributed by atoms with E-state index in [0.717, 1.165) is 4.90 Å². The van der Waals surface area contributed by atoms with Gasteiger partial charge in [0.15, 0.2) is 0 Å². The number of anilines is 2. The minimum Gasteiger partial charge on any atom is -0.495 e. The van der Waals surface area contributed by atoms with Crippen molar-refractivity contribution in [2.45, 2.75) is 0 Å². The maximum absolute atomic E-state index is 13.2. The van der Waals surface area contributed by atoms with E-state index >= 15 is 0 Å². The highest BCUT2D eigenvalue weighted by molar-refractivity contribution is 7.11. The molecule has 1 aromatic heterocycles. The largest absolute Gasteiger partial charge is 0.495 e. The van der Waals surface area contributed by atoms with E-state index in [1.807, 2.05) is 29.6 Å². The van der Waals surface area contributed by atoms with Crippen LogP contribution in [0.25, 0.3) is 5.57 Å². The van der Waals surface area contributed by atoms with E-state index < -0.39 is 11.8 Å². The molecule has 140 valence electrons. The molecular weight excluding hydrogens is 396 g/mol. The number of ether oxygens (including phenoxy) is 1. The van der Waals surface area contributed by atoms with Crippen LogP contribution >= 0.6 is 22.9 Å². The molecule has 1 aliphatic rings. The molecule has 5 nitrogen and oxygen atoms in total. The fourth-order valence-corrected chi connectivity index (χ4v) is 3.98. The molecule has 1 N–H and O–H groups in total. The number of benzene rings is 2. The molecule has 3 aromatic rings. The van der Waals surface area contributed by atoms with E-state index in [9.17, 15) is 9.59 Å². The van der Waals surface area contributed by atoms with Gasteiger partial charge in [-0.2, -0.15) is 0 Å². The zero-order chi connectivity index (χ0) is 19.7.